The lowest BCUT2D eigenvalue weighted by Gasteiger charge is -2.16. The molecule has 2 heterocycles. The SMILES string of the molecule is CC.CNC(=O)c1c(-c2ccc(F)cc2)oc2ccc(N(C)/C=C(\N=CC=O)C(=O)NCc3ccc(F)cn3)cc12. The first-order valence-electron chi connectivity index (χ1n) is 12.7. The van der Waals surface area contributed by atoms with Crippen molar-refractivity contribution in [1.29, 1.82) is 0 Å². The predicted molar refractivity (Wildman–Crippen MR) is 153 cm³/mol. The summed E-state index contributed by atoms with van der Waals surface area (Å²) in [6.07, 6.45) is 3.83. The summed E-state index contributed by atoms with van der Waals surface area (Å²) >= 11 is 0. The van der Waals surface area contributed by atoms with E-state index in [1.807, 2.05) is 13.8 Å². The molecule has 4 rings (SSSR count). The van der Waals surface area contributed by atoms with Crippen LogP contribution in [0, 0.1) is 11.6 Å². The number of furan rings is 1. The van der Waals surface area contributed by atoms with Crippen molar-refractivity contribution in [3.8, 4) is 11.3 Å². The number of pyridine rings is 1. The Balaban J connectivity index is 0.00000226. The van der Waals surface area contributed by atoms with E-state index in [1.54, 1.807) is 30.1 Å². The number of benzene rings is 2. The molecule has 212 valence electrons. The van der Waals surface area contributed by atoms with Crippen LogP contribution in [0.15, 0.2) is 82.1 Å². The number of amides is 2. The number of nitrogens with one attached hydrogen (secondary N) is 2. The van der Waals surface area contributed by atoms with Gasteiger partial charge in [0.05, 0.1) is 30.2 Å². The van der Waals surface area contributed by atoms with Crippen molar-refractivity contribution in [2.24, 2.45) is 4.99 Å². The first-order valence-corrected chi connectivity index (χ1v) is 12.7. The molecule has 2 N–H and O–H groups in total. The lowest BCUT2D eigenvalue weighted by atomic mass is 10.0. The van der Waals surface area contributed by atoms with E-state index < -0.39 is 23.4 Å². The molecule has 0 aliphatic rings. The fraction of sp³-hybridized carbons (Fsp3) is 0.167. The summed E-state index contributed by atoms with van der Waals surface area (Å²) in [6, 6.07) is 13.3. The predicted octanol–water partition coefficient (Wildman–Crippen LogP) is 5.02. The molecule has 0 atom stereocenters. The summed E-state index contributed by atoms with van der Waals surface area (Å²) in [5.41, 5.74) is 2.14. The first-order chi connectivity index (χ1) is 19.8. The minimum absolute atomic E-state index is 0.0133. The first kappa shape index (κ1) is 30.4. The number of fused-ring (bicyclic) bond motifs is 1. The van der Waals surface area contributed by atoms with E-state index in [0.29, 0.717) is 34.2 Å². The van der Waals surface area contributed by atoms with E-state index >= 15 is 0 Å². The molecule has 41 heavy (non-hydrogen) atoms. The second-order valence-electron chi connectivity index (χ2n) is 8.26. The van der Waals surface area contributed by atoms with Gasteiger partial charge in [0.1, 0.15) is 28.7 Å². The Morgan fingerprint density at radius 3 is 2.39 bits per heavy atom. The molecule has 2 aromatic carbocycles. The van der Waals surface area contributed by atoms with E-state index in [0.717, 1.165) is 12.4 Å². The third-order valence-electron chi connectivity index (χ3n) is 5.68. The summed E-state index contributed by atoms with van der Waals surface area (Å²) in [4.78, 5) is 45.9. The summed E-state index contributed by atoms with van der Waals surface area (Å²) in [6.45, 7) is 4.01. The highest BCUT2D eigenvalue weighted by Crippen LogP contribution is 2.36. The Morgan fingerprint density at radius 1 is 1.05 bits per heavy atom. The highest BCUT2D eigenvalue weighted by molar-refractivity contribution is 6.14. The number of hydrogen-bond donors (Lipinski definition) is 2. The van der Waals surface area contributed by atoms with Gasteiger partial charge in [-0.3, -0.25) is 19.4 Å². The lowest BCUT2D eigenvalue weighted by molar-refractivity contribution is -0.117. The monoisotopic (exact) mass is 561 g/mol. The molecule has 0 saturated heterocycles. The quantitative estimate of drug-likeness (QED) is 0.168. The molecule has 0 aliphatic heterocycles. The summed E-state index contributed by atoms with van der Waals surface area (Å²) in [5, 5.41) is 5.73. The van der Waals surface area contributed by atoms with E-state index in [-0.39, 0.29) is 23.6 Å². The van der Waals surface area contributed by atoms with Crippen LogP contribution < -0.4 is 15.5 Å². The minimum Gasteiger partial charge on any atom is -0.455 e. The van der Waals surface area contributed by atoms with Crippen molar-refractivity contribution in [3.05, 3.63) is 95.6 Å². The average Bonchev–Trinajstić information content (AvgIpc) is 3.38. The lowest BCUT2D eigenvalue weighted by Crippen LogP contribution is -2.26. The molecule has 0 spiro atoms. The Morgan fingerprint density at radius 2 is 1.76 bits per heavy atom. The Bertz CT molecular complexity index is 1580. The molecule has 11 heteroatoms. The van der Waals surface area contributed by atoms with Crippen LogP contribution in [0.5, 0.6) is 0 Å². The number of halogens is 2. The third-order valence-corrected chi connectivity index (χ3v) is 5.68. The van der Waals surface area contributed by atoms with E-state index in [4.69, 9.17) is 4.42 Å². The average molecular weight is 562 g/mol. The summed E-state index contributed by atoms with van der Waals surface area (Å²) in [5.74, 6) is -1.63. The van der Waals surface area contributed by atoms with E-state index in [2.05, 4.69) is 20.6 Å². The fourth-order valence-corrected chi connectivity index (χ4v) is 3.75. The molecule has 0 radical (unpaired) electrons. The summed E-state index contributed by atoms with van der Waals surface area (Å²) in [7, 11) is 3.15. The van der Waals surface area contributed by atoms with Gasteiger partial charge in [-0.1, -0.05) is 13.8 Å². The standard InChI is InChI=1S/C28H23F2N5O4.C2H6/c1-31-28(38)25-22-13-21(9-10-24(22)39-26(25)17-3-5-18(29)6-4-17)35(2)16-23(32-11-12-36)27(37)34-15-20-8-7-19(30)14-33-20;1-2/h3-14,16H,15H2,1-2H3,(H,31,38)(H,34,37);1-2H3/b23-16-,32-11?;. The molecule has 2 aromatic heterocycles. The topological polar surface area (TPSA) is 117 Å². The van der Waals surface area contributed by atoms with Crippen molar-refractivity contribution >= 4 is 41.0 Å². The van der Waals surface area contributed by atoms with Gasteiger partial charge in [-0.05, 0) is 54.6 Å². The van der Waals surface area contributed by atoms with Gasteiger partial charge in [0.15, 0.2) is 6.29 Å². The van der Waals surface area contributed by atoms with Crippen LogP contribution in [0.3, 0.4) is 0 Å². The number of aldehydes is 1. The Kier molecular flexibility index (Phi) is 10.6. The van der Waals surface area contributed by atoms with Crippen molar-refractivity contribution in [1.82, 2.24) is 15.6 Å². The van der Waals surface area contributed by atoms with Crippen molar-refractivity contribution in [3.63, 3.8) is 0 Å². The van der Waals surface area contributed by atoms with E-state index in [1.165, 1.54) is 49.6 Å². The molecule has 4 aromatic rings. The molecule has 0 aliphatic carbocycles. The number of carbonyl (C=O) groups excluding carboxylic acids is 3. The van der Waals surface area contributed by atoms with Gasteiger partial charge >= 0.3 is 0 Å². The number of hydrogen-bond acceptors (Lipinski definition) is 7. The van der Waals surface area contributed by atoms with Gasteiger partial charge in [0, 0.05) is 36.9 Å². The van der Waals surface area contributed by atoms with Crippen molar-refractivity contribution < 1.29 is 27.6 Å². The number of rotatable bonds is 9. The molecular formula is C30H29F2N5O4. The van der Waals surface area contributed by atoms with Crippen LogP contribution in [0.4, 0.5) is 14.5 Å². The number of carbonyl (C=O) groups is 3. The normalized spacial score (nSPS) is 11.1. The smallest absolute Gasteiger partial charge is 0.271 e. The zero-order valence-corrected chi connectivity index (χ0v) is 22.9. The maximum Gasteiger partial charge on any atom is 0.271 e. The van der Waals surface area contributed by atoms with Crippen molar-refractivity contribution in [2.75, 3.05) is 19.0 Å². The van der Waals surface area contributed by atoms with Crippen LogP contribution in [0.2, 0.25) is 0 Å². The van der Waals surface area contributed by atoms with Gasteiger partial charge in [-0.25, -0.2) is 13.8 Å². The van der Waals surface area contributed by atoms with Gasteiger partial charge in [0.2, 0.25) is 0 Å². The van der Waals surface area contributed by atoms with Crippen LogP contribution >= 0.6 is 0 Å². The largest absolute Gasteiger partial charge is 0.455 e. The van der Waals surface area contributed by atoms with Crippen LogP contribution in [0.1, 0.15) is 29.9 Å². The van der Waals surface area contributed by atoms with Gasteiger partial charge in [-0.2, -0.15) is 0 Å². The second-order valence-corrected chi connectivity index (χ2v) is 8.26. The fourth-order valence-electron chi connectivity index (χ4n) is 3.75. The zero-order valence-electron chi connectivity index (χ0n) is 22.9. The second kappa shape index (κ2) is 14.3. The molecule has 0 bridgehead atoms. The van der Waals surface area contributed by atoms with Crippen LogP contribution in [0.25, 0.3) is 22.3 Å². The van der Waals surface area contributed by atoms with Gasteiger partial charge in [-0.15, -0.1) is 0 Å². The Labute approximate surface area is 235 Å². The van der Waals surface area contributed by atoms with Crippen LogP contribution in [-0.4, -0.2) is 43.4 Å². The van der Waals surface area contributed by atoms with E-state index in [9.17, 15) is 23.2 Å². The highest BCUT2D eigenvalue weighted by atomic mass is 19.1. The molecular weight excluding hydrogens is 532 g/mol. The number of nitrogens with zero attached hydrogens (tertiary/aromatic N) is 3. The number of aliphatic imine (C=N–C) groups is 1. The molecule has 0 unspecified atom stereocenters. The maximum absolute atomic E-state index is 13.5. The van der Waals surface area contributed by atoms with Gasteiger partial charge in [0.25, 0.3) is 11.8 Å². The Hall–Kier alpha value is -5.19. The third kappa shape index (κ3) is 7.47. The number of aromatic nitrogens is 1. The maximum atomic E-state index is 13.5. The molecule has 9 nitrogen and oxygen atoms in total. The van der Waals surface area contributed by atoms with Crippen molar-refractivity contribution in [2.45, 2.75) is 20.4 Å². The molecule has 0 saturated carbocycles. The molecule has 0 fully saturated rings. The number of anilines is 1. The molecule has 2 amide bonds. The summed E-state index contributed by atoms with van der Waals surface area (Å²) < 4.78 is 32.5. The van der Waals surface area contributed by atoms with Gasteiger partial charge < -0.3 is 20.0 Å². The zero-order chi connectivity index (χ0) is 29.9. The minimum atomic E-state index is -0.597. The van der Waals surface area contributed by atoms with Crippen LogP contribution in [-0.2, 0) is 16.1 Å². The highest BCUT2D eigenvalue weighted by Gasteiger charge is 2.22.